The minimum atomic E-state index is -0.888. The van der Waals surface area contributed by atoms with E-state index in [2.05, 4.69) is 17.3 Å². The Kier molecular flexibility index (Phi) is 4.01. The number of carbonyl (C=O) groups excluding carboxylic acids is 1. The molecule has 1 saturated heterocycles. The maximum Gasteiger partial charge on any atom is 0.226 e. The van der Waals surface area contributed by atoms with Crippen molar-refractivity contribution in [2.24, 2.45) is 5.92 Å². The van der Waals surface area contributed by atoms with Crippen molar-refractivity contribution >= 4 is 5.91 Å². The highest BCUT2D eigenvalue weighted by molar-refractivity contribution is 5.80. The minimum Gasteiger partial charge on any atom is -0.390 e. The summed E-state index contributed by atoms with van der Waals surface area (Å²) in [5.41, 5.74) is 0. The Balaban J connectivity index is 1.81. The van der Waals surface area contributed by atoms with Gasteiger partial charge >= 0.3 is 0 Å². The van der Waals surface area contributed by atoms with Crippen molar-refractivity contribution in [3.8, 4) is 0 Å². The molecule has 0 aromatic carbocycles. The van der Waals surface area contributed by atoms with E-state index in [0.717, 1.165) is 25.9 Å². The number of aliphatic hydroxyl groups is 2. The highest BCUT2D eigenvalue weighted by Crippen LogP contribution is 2.26. The molecule has 3 N–H and O–H groups in total. The Morgan fingerprint density at radius 2 is 1.82 bits per heavy atom. The van der Waals surface area contributed by atoms with Crippen LogP contribution >= 0.6 is 0 Å². The van der Waals surface area contributed by atoms with Crippen molar-refractivity contribution in [2.45, 2.75) is 43.9 Å². The van der Waals surface area contributed by atoms with Gasteiger partial charge in [0.1, 0.15) is 0 Å². The van der Waals surface area contributed by atoms with E-state index in [-0.39, 0.29) is 11.9 Å². The van der Waals surface area contributed by atoms with Crippen LogP contribution in [0.1, 0.15) is 25.7 Å². The summed E-state index contributed by atoms with van der Waals surface area (Å²) in [4.78, 5) is 14.2. The number of rotatable bonds is 2. The molecule has 3 atom stereocenters. The topological polar surface area (TPSA) is 72.8 Å². The fourth-order valence-electron chi connectivity index (χ4n) is 2.71. The predicted octanol–water partition coefficient (Wildman–Crippen LogP) is -0.671. The van der Waals surface area contributed by atoms with Crippen LogP contribution in [0.2, 0.25) is 0 Å². The molecule has 5 heteroatoms. The summed E-state index contributed by atoms with van der Waals surface area (Å²) in [7, 11) is 2.08. The van der Waals surface area contributed by atoms with Crippen LogP contribution in [-0.2, 0) is 4.79 Å². The van der Waals surface area contributed by atoms with Crippen LogP contribution in [0.15, 0.2) is 0 Å². The first-order chi connectivity index (χ1) is 8.08. The number of hydrogen-bond acceptors (Lipinski definition) is 4. The number of carbonyl (C=O) groups is 1. The zero-order valence-electron chi connectivity index (χ0n) is 10.3. The quantitative estimate of drug-likeness (QED) is 0.600. The number of nitrogens with zero attached hydrogens (tertiary/aromatic N) is 1. The molecule has 17 heavy (non-hydrogen) atoms. The second kappa shape index (κ2) is 5.33. The summed E-state index contributed by atoms with van der Waals surface area (Å²) >= 11 is 0. The fraction of sp³-hybridized carbons (Fsp3) is 0.917. The smallest absolute Gasteiger partial charge is 0.226 e. The lowest BCUT2D eigenvalue weighted by Crippen LogP contribution is -2.47. The van der Waals surface area contributed by atoms with Crippen molar-refractivity contribution in [2.75, 3.05) is 20.1 Å². The van der Waals surface area contributed by atoms with E-state index in [1.54, 1.807) is 0 Å². The van der Waals surface area contributed by atoms with Gasteiger partial charge in [-0.3, -0.25) is 4.79 Å². The van der Waals surface area contributed by atoms with Gasteiger partial charge in [0, 0.05) is 6.04 Å². The van der Waals surface area contributed by atoms with Crippen LogP contribution < -0.4 is 5.32 Å². The first-order valence-corrected chi connectivity index (χ1v) is 6.43. The van der Waals surface area contributed by atoms with Crippen molar-refractivity contribution < 1.29 is 15.0 Å². The molecule has 1 aliphatic carbocycles. The normalized spacial score (nSPS) is 36.1. The first kappa shape index (κ1) is 12.8. The van der Waals surface area contributed by atoms with Gasteiger partial charge in [0.15, 0.2) is 0 Å². The highest BCUT2D eigenvalue weighted by atomic mass is 16.3. The average Bonchev–Trinajstić information content (AvgIpc) is 2.63. The van der Waals surface area contributed by atoms with E-state index in [0.29, 0.717) is 12.8 Å². The summed E-state index contributed by atoms with van der Waals surface area (Å²) in [5, 5.41) is 22.1. The Morgan fingerprint density at radius 1 is 1.18 bits per heavy atom. The summed E-state index contributed by atoms with van der Waals surface area (Å²) in [5.74, 6) is -0.520. The van der Waals surface area contributed by atoms with Gasteiger partial charge in [0.2, 0.25) is 5.91 Å². The highest BCUT2D eigenvalue weighted by Gasteiger charge is 2.38. The molecule has 5 nitrogen and oxygen atoms in total. The van der Waals surface area contributed by atoms with Gasteiger partial charge in [0.05, 0.1) is 18.1 Å². The van der Waals surface area contributed by atoms with Gasteiger partial charge < -0.3 is 20.4 Å². The first-order valence-electron chi connectivity index (χ1n) is 6.43. The fourth-order valence-corrected chi connectivity index (χ4v) is 2.71. The molecule has 1 saturated carbocycles. The molecule has 2 rings (SSSR count). The number of nitrogens with one attached hydrogen (secondary N) is 1. The van der Waals surface area contributed by atoms with Crippen LogP contribution in [-0.4, -0.2) is 59.4 Å². The number of likely N-dealkylation sites (tertiary alicyclic amines) is 1. The Bertz CT molecular complexity index is 277. The van der Waals surface area contributed by atoms with Gasteiger partial charge in [-0.05, 0) is 45.8 Å². The lowest BCUT2D eigenvalue weighted by atomic mass is 10.0. The van der Waals surface area contributed by atoms with Crippen molar-refractivity contribution in [1.29, 1.82) is 0 Å². The molecule has 0 aromatic heterocycles. The minimum absolute atomic E-state index is 0.0939. The van der Waals surface area contributed by atoms with E-state index in [9.17, 15) is 15.0 Å². The van der Waals surface area contributed by atoms with Crippen LogP contribution in [0.25, 0.3) is 0 Å². The third-order valence-electron chi connectivity index (χ3n) is 3.98. The summed E-state index contributed by atoms with van der Waals surface area (Å²) in [6.45, 7) is 2.00. The largest absolute Gasteiger partial charge is 0.390 e. The monoisotopic (exact) mass is 242 g/mol. The molecule has 1 heterocycles. The maximum atomic E-state index is 12.0. The van der Waals surface area contributed by atoms with Gasteiger partial charge in [-0.2, -0.15) is 0 Å². The molecule has 0 bridgehead atoms. The second-order valence-corrected chi connectivity index (χ2v) is 5.33. The molecule has 0 spiro atoms. The Labute approximate surface area is 102 Å². The Morgan fingerprint density at radius 3 is 2.35 bits per heavy atom. The zero-order valence-corrected chi connectivity index (χ0v) is 10.3. The standard InChI is InChI=1S/C12H22N2O3/c1-14-6-4-8(5-7-14)13-12(17)9-2-3-10(15)11(9)16/h8-11,15-16H,2-7H2,1H3,(H,13,17). The van der Waals surface area contributed by atoms with E-state index < -0.39 is 18.1 Å². The third kappa shape index (κ3) is 2.97. The molecule has 2 aliphatic rings. The van der Waals surface area contributed by atoms with Crippen LogP contribution in [0.5, 0.6) is 0 Å². The Hall–Kier alpha value is -0.650. The van der Waals surface area contributed by atoms with E-state index in [4.69, 9.17) is 0 Å². The van der Waals surface area contributed by atoms with Crippen molar-refractivity contribution in [3.63, 3.8) is 0 Å². The van der Waals surface area contributed by atoms with Gasteiger partial charge in [0.25, 0.3) is 0 Å². The SMILES string of the molecule is CN1CCC(NC(=O)C2CCC(O)C2O)CC1. The summed E-state index contributed by atoms with van der Waals surface area (Å²) in [6, 6.07) is 0.226. The molecule has 0 radical (unpaired) electrons. The summed E-state index contributed by atoms with van der Waals surface area (Å²) < 4.78 is 0. The average molecular weight is 242 g/mol. The lowest BCUT2D eigenvalue weighted by molar-refractivity contribution is -0.129. The van der Waals surface area contributed by atoms with Crippen LogP contribution in [0.4, 0.5) is 0 Å². The molecular formula is C12H22N2O3. The molecule has 0 aromatic rings. The molecular weight excluding hydrogens is 220 g/mol. The number of piperidine rings is 1. The second-order valence-electron chi connectivity index (χ2n) is 5.33. The third-order valence-corrected chi connectivity index (χ3v) is 3.98. The number of amides is 1. The maximum absolute atomic E-state index is 12.0. The molecule has 2 fully saturated rings. The molecule has 1 amide bonds. The number of hydrogen-bond donors (Lipinski definition) is 3. The van der Waals surface area contributed by atoms with Gasteiger partial charge in [-0.25, -0.2) is 0 Å². The van der Waals surface area contributed by atoms with E-state index in [1.165, 1.54) is 0 Å². The van der Waals surface area contributed by atoms with E-state index >= 15 is 0 Å². The molecule has 3 unspecified atom stereocenters. The summed E-state index contributed by atoms with van der Waals surface area (Å²) in [6.07, 6.45) is 1.42. The predicted molar refractivity (Wildman–Crippen MR) is 63.4 cm³/mol. The van der Waals surface area contributed by atoms with Crippen molar-refractivity contribution in [1.82, 2.24) is 10.2 Å². The lowest BCUT2D eigenvalue weighted by Gasteiger charge is -2.30. The van der Waals surface area contributed by atoms with Gasteiger partial charge in [-0.1, -0.05) is 0 Å². The molecule has 98 valence electrons. The van der Waals surface area contributed by atoms with Gasteiger partial charge in [-0.15, -0.1) is 0 Å². The van der Waals surface area contributed by atoms with Crippen LogP contribution in [0.3, 0.4) is 0 Å². The molecule has 1 aliphatic heterocycles. The van der Waals surface area contributed by atoms with E-state index in [1.807, 2.05) is 0 Å². The van der Waals surface area contributed by atoms with Crippen LogP contribution in [0, 0.1) is 5.92 Å². The number of aliphatic hydroxyl groups excluding tert-OH is 2. The van der Waals surface area contributed by atoms with Crippen molar-refractivity contribution in [3.05, 3.63) is 0 Å². The zero-order chi connectivity index (χ0) is 12.4.